The molecule has 0 aliphatic carbocycles. The number of hydrogen-bond donors (Lipinski definition) is 0. The van der Waals surface area contributed by atoms with Crippen molar-refractivity contribution in [1.82, 2.24) is 14.8 Å². The Balaban J connectivity index is 1.76. The Morgan fingerprint density at radius 3 is 2.75 bits per heavy atom. The summed E-state index contributed by atoms with van der Waals surface area (Å²) in [6.07, 6.45) is 2.81. The summed E-state index contributed by atoms with van der Waals surface area (Å²) in [5, 5.41) is 0. The topological polar surface area (TPSA) is 56.8 Å². The Bertz CT molecular complexity index is 646. The van der Waals surface area contributed by atoms with Crippen LogP contribution >= 0.6 is 0 Å². The number of likely N-dealkylation sites (tertiary alicyclic amines) is 1. The van der Waals surface area contributed by atoms with Crippen LogP contribution in [0, 0.1) is 5.41 Å². The van der Waals surface area contributed by atoms with Gasteiger partial charge in [0.05, 0.1) is 5.41 Å². The highest BCUT2D eigenvalue weighted by Gasteiger charge is 2.50. The summed E-state index contributed by atoms with van der Waals surface area (Å²) >= 11 is 0. The molecule has 6 nitrogen and oxygen atoms in total. The van der Waals surface area contributed by atoms with Crippen molar-refractivity contribution in [3.8, 4) is 0 Å². The van der Waals surface area contributed by atoms with Crippen molar-refractivity contribution in [1.29, 1.82) is 0 Å². The van der Waals surface area contributed by atoms with Gasteiger partial charge in [0, 0.05) is 40.3 Å². The Morgan fingerprint density at radius 2 is 2.04 bits per heavy atom. The molecule has 2 amide bonds. The fraction of sp³-hybridized carbons (Fsp3) is 0.611. The molecule has 1 aromatic rings. The van der Waals surface area contributed by atoms with Crippen molar-refractivity contribution >= 4 is 17.6 Å². The van der Waals surface area contributed by atoms with Crippen molar-refractivity contribution in [2.75, 3.05) is 45.2 Å². The number of anilines is 1. The first-order valence-electron chi connectivity index (χ1n) is 8.70. The van der Waals surface area contributed by atoms with E-state index in [0.29, 0.717) is 18.1 Å². The van der Waals surface area contributed by atoms with Gasteiger partial charge in [-0.2, -0.15) is 0 Å². The van der Waals surface area contributed by atoms with Crippen LogP contribution < -0.4 is 4.90 Å². The monoisotopic (exact) mass is 330 g/mol. The molecule has 0 saturated carbocycles. The third-order valence-electron chi connectivity index (χ3n) is 5.13. The molecule has 1 spiro atoms. The summed E-state index contributed by atoms with van der Waals surface area (Å²) in [5.41, 5.74) is 0.196. The number of amides is 2. The second kappa shape index (κ2) is 6.42. The molecular weight excluding hydrogens is 304 g/mol. The van der Waals surface area contributed by atoms with Gasteiger partial charge in [0.15, 0.2) is 0 Å². The molecular formula is C18H26N4O2. The number of pyridine rings is 1. The maximum Gasteiger partial charge on any atom is 0.272 e. The maximum atomic E-state index is 12.8. The average molecular weight is 330 g/mol. The van der Waals surface area contributed by atoms with Crippen molar-refractivity contribution in [2.24, 2.45) is 5.41 Å². The largest absolute Gasteiger partial charge is 0.355 e. The van der Waals surface area contributed by atoms with E-state index >= 15 is 0 Å². The smallest absolute Gasteiger partial charge is 0.272 e. The highest BCUT2D eigenvalue weighted by Crippen LogP contribution is 2.41. The van der Waals surface area contributed by atoms with Crippen molar-refractivity contribution in [2.45, 2.75) is 26.2 Å². The Kier molecular flexibility index (Phi) is 4.47. The van der Waals surface area contributed by atoms with Crippen LogP contribution in [0.25, 0.3) is 0 Å². The highest BCUT2D eigenvalue weighted by molar-refractivity contribution is 5.92. The zero-order valence-corrected chi connectivity index (χ0v) is 14.8. The molecule has 0 N–H and O–H groups in total. The fourth-order valence-electron chi connectivity index (χ4n) is 3.77. The number of aromatic nitrogens is 1. The summed E-state index contributed by atoms with van der Waals surface area (Å²) < 4.78 is 0. The second-order valence-electron chi connectivity index (χ2n) is 7.07. The van der Waals surface area contributed by atoms with Gasteiger partial charge < -0.3 is 14.7 Å². The quantitative estimate of drug-likeness (QED) is 0.842. The first-order valence-corrected chi connectivity index (χ1v) is 8.70. The van der Waals surface area contributed by atoms with E-state index in [2.05, 4.69) is 16.8 Å². The van der Waals surface area contributed by atoms with Gasteiger partial charge in [0.2, 0.25) is 5.91 Å². The lowest BCUT2D eigenvalue weighted by Gasteiger charge is -2.24. The fourth-order valence-corrected chi connectivity index (χ4v) is 3.77. The van der Waals surface area contributed by atoms with E-state index in [4.69, 9.17) is 0 Å². The van der Waals surface area contributed by atoms with Crippen molar-refractivity contribution in [3.05, 3.63) is 23.9 Å². The van der Waals surface area contributed by atoms with Gasteiger partial charge in [0.25, 0.3) is 5.91 Å². The molecule has 1 aromatic heterocycles. The van der Waals surface area contributed by atoms with Gasteiger partial charge in [-0.1, -0.05) is 13.0 Å². The normalized spacial score (nSPS) is 23.4. The molecule has 24 heavy (non-hydrogen) atoms. The average Bonchev–Trinajstić information content (AvgIpc) is 3.14. The van der Waals surface area contributed by atoms with E-state index in [9.17, 15) is 9.59 Å². The molecule has 1 atom stereocenters. The van der Waals surface area contributed by atoms with E-state index in [-0.39, 0.29) is 11.3 Å². The molecule has 2 aliphatic rings. The molecule has 3 rings (SSSR count). The molecule has 3 heterocycles. The molecule has 0 bridgehead atoms. The predicted octanol–water partition coefficient (Wildman–Crippen LogP) is 1.62. The zero-order valence-electron chi connectivity index (χ0n) is 14.8. The van der Waals surface area contributed by atoms with E-state index < -0.39 is 0 Å². The lowest BCUT2D eigenvalue weighted by Crippen LogP contribution is -2.37. The van der Waals surface area contributed by atoms with Gasteiger partial charge in [-0.05, 0) is 31.4 Å². The van der Waals surface area contributed by atoms with Gasteiger partial charge in [0.1, 0.15) is 11.5 Å². The van der Waals surface area contributed by atoms with Crippen LogP contribution in [0.2, 0.25) is 0 Å². The minimum atomic E-state index is -0.252. The Morgan fingerprint density at radius 1 is 1.29 bits per heavy atom. The molecule has 0 radical (unpaired) electrons. The SMILES string of the molecule is CCCN1CCC2(CCN(c3cccc(C(=O)N(C)C)n3)C2)C1=O. The van der Waals surface area contributed by atoms with E-state index in [1.807, 2.05) is 17.0 Å². The Labute approximate surface area is 143 Å². The van der Waals surface area contributed by atoms with Gasteiger partial charge in [-0.15, -0.1) is 0 Å². The number of carbonyl (C=O) groups excluding carboxylic acids is 2. The van der Waals surface area contributed by atoms with E-state index in [1.54, 1.807) is 20.2 Å². The summed E-state index contributed by atoms with van der Waals surface area (Å²) in [5.74, 6) is 0.991. The summed E-state index contributed by atoms with van der Waals surface area (Å²) in [4.78, 5) is 35.1. The second-order valence-corrected chi connectivity index (χ2v) is 7.07. The lowest BCUT2D eigenvalue weighted by molar-refractivity contribution is -0.135. The third-order valence-corrected chi connectivity index (χ3v) is 5.13. The third kappa shape index (κ3) is 2.85. The zero-order chi connectivity index (χ0) is 17.3. The number of nitrogens with zero attached hydrogens (tertiary/aromatic N) is 4. The van der Waals surface area contributed by atoms with Gasteiger partial charge in [-0.25, -0.2) is 4.98 Å². The first-order chi connectivity index (χ1) is 11.5. The molecule has 2 aliphatic heterocycles. The van der Waals surface area contributed by atoms with Crippen LogP contribution in [-0.4, -0.2) is 66.9 Å². The molecule has 2 saturated heterocycles. The number of rotatable bonds is 4. The number of hydrogen-bond acceptors (Lipinski definition) is 4. The van der Waals surface area contributed by atoms with Crippen molar-refractivity contribution in [3.63, 3.8) is 0 Å². The van der Waals surface area contributed by atoms with Gasteiger partial charge >= 0.3 is 0 Å². The van der Waals surface area contributed by atoms with Crippen LogP contribution in [0.3, 0.4) is 0 Å². The lowest BCUT2D eigenvalue weighted by atomic mass is 9.85. The molecule has 0 aromatic carbocycles. The van der Waals surface area contributed by atoms with E-state index in [1.165, 1.54) is 4.90 Å². The highest BCUT2D eigenvalue weighted by atomic mass is 16.2. The van der Waals surface area contributed by atoms with Crippen LogP contribution in [-0.2, 0) is 4.79 Å². The minimum absolute atomic E-state index is 0.100. The summed E-state index contributed by atoms with van der Waals surface area (Å²) in [6.45, 7) is 5.35. The predicted molar refractivity (Wildman–Crippen MR) is 93.0 cm³/mol. The van der Waals surface area contributed by atoms with Crippen molar-refractivity contribution < 1.29 is 9.59 Å². The van der Waals surface area contributed by atoms with Crippen LogP contribution in [0.1, 0.15) is 36.7 Å². The van der Waals surface area contributed by atoms with E-state index in [0.717, 1.165) is 44.7 Å². The Hall–Kier alpha value is -2.11. The van der Waals surface area contributed by atoms with Crippen LogP contribution in [0.4, 0.5) is 5.82 Å². The summed E-state index contributed by atoms with van der Waals surface area (Å²) in [6, 6.07) is 5.53. The maximum absolute atomic E-state index is 12.8. The molecule has 2 fully saturated rings. The molecule has 1 unspecified atom stereocenters. The summed E-state index contributed by atoms with van der Waals surface area (Å²) in [7, 11) is 3.45. The molecule has 130 valence electrons. The van der Waals surface area contributed by atoms with Crippen LogP contribution in [0.5, 0.6) is 0 Å². The molecule has 6 heteroatoms. The first kappa shape index (κ1) is 16.7. The van der Waals surface area contributed by atoms with Gasteiger partial charge in [-0.3, -0.25) is 9.59 Å². The minimum Gasteiger partial charge on any atom is -0.355 e. The van der Waals surface area contributed by atoms with Crippen LogP contribution in [0.15, 0.2) is 18.2 Å². The standard InChI is InChI=1S/C18H26N4O2/c1-4-10-21-11-8-18(17(21)24)9-12-22(13-18)15-7-5-6-14(19-15)16(23)20(2)3/h5-7H,4,8-13H2,1-3H3. The number of carbonyl (C=O) groups is 2.